The second kappa shape index (κ2) is 8.29. The van der Waals surface area contributed by atoms with Crippen LogP contribution in [0.25, 0.3) is 16.7 Å². The van der Waals surface area contributed by atoms with Gasteiger partial charge >= 0.3 is 0 Å². The van der Waals surface area contributed by atoms with Crippen LogP contribution in [-0.2, 0) is 4.79 Å². The van der Waals surface area contributed by atoms with E-state index in [0.29, 0.717) is 22.5 Å². The van der Waals surface area contributed by atoms with E-state index in [1.54, 1.807) is 36.1 Å². The monoisotopic (exact) mass is 422 g/mol. The first-order valence-corrected chi connectivity index (χ1v) is 9.93. The lowest BCUT2D eigenvalue weighted by molar-refractivity contribution is -0.113. The summed E-state index contributed by atoms with van der Waals surface area (Å²) in [5.74, 6) is 6.38. The third-order valence-electron chi connectivity index (χ3n) is 4.31. The molecule has 0 spiro atoms. The maximum atomic E-state index is 12.6. The van der Waals surface area contributed by atoms with Gasteiger partial charge in [0.2, 0.25) is 5.91 Å². The molecule has 0 fully saturated rings. The number of nitrogens with two attached hydrogens (primary N) is 1. The van der Waals surface area contributed by atoms with Crippen molar-refractivity contribution in [3.8, 4) is 11.4 Å². The molecule has 10 heteroatoms. The lowest BCUT2D eigenvalue weighted by Crippen LogP contribution is -2.30. The van der Waals surface area contributed by atoms with Crippen molar-refractivity contribution in [1.82, 2.24) is 19.4 Å². The number of nitrogen functional groups attached to an aromatic ring is 1. The molecule has 4 rings (SSSR count). The van der Waals surface area contributed by atoms with Gasteiger partial charge in [0, 0.05) is 5.69 Å². The smallest absolute Gasteiger partial charge is 0.283 e. The highest BCUT2D eigenvalue weighted by Gasteiger charge is 2.16. The number of nitrogens with zero attached hydrogens (tertiary/aromatic N) is 4. The quantitative estimate of drug-likeness (QED) is 0.277. The summed E-state index contributed by atoms with van der Waals surface area (Å²) in [6.45, 7) is 0. The van der Waals surface area contributed by atoms with Crippen molar-refractivity contribution in [2.45, 2.75) is 5.16 Å². The van der Waals surface area contributed by atoms with E-state index >= 15 is 0 Å². The van der Waals surface area contributed by atoms with E-state index < -0.39 is 5.56 Å². The molecule has 0 unspecified atom stereocenters. The fourth-order valence-corrected chi connectivity index (χ4v) is 3.53. The van der Waals surface area contributed by atoms with E-state index in [-0.39, 0.29) is 16.8 Å². The normalized spacial score (nSPS) is 10.8. The number of carbonyl (C=O) groups is 1. The van der Waals surface area contributed by atoms with E-state index in [4.69, 9.17) is 10.6 Å². The SMILES string of the molecule is COc1ccc(NC(=O)CSc2nc3c(cnn3-c3ccccc3)c(=O)n2N)cc1. The van der Waals surface area contributed by atoms with Crippen LogP contribution in [0.15, 0.2) is 70.7 Å². The van der Waals surface area contributed by atoms with Crippen molar-refractivity contribution in [1.29, 1.82) is 0 Å². The third kappa shape index (κ3) is 3.85. The van der Waals surface area contributed by atoms with Crippen LogP contribution < -0.4 is 21.5 Å². The highest BCUT2D eigenvalue weighted by Crippen LogP contribution is 2.20. The lowest BCUT2D eigenvalue weighted by atomic mass is 10.3. The van der Waals surface area contributed by atoms with Gasteiger partial charge in [-0.1, -0.05) is 30.0 Å². The summed E-state index contributed by atoms with van der Waals surface area (Å²) in [4.78, 5) is 29.4. The van der Waals surface area contributed by atoms with E-state index in [9.17, 15) is 9.59 Å². The number of para-hydroxylation sites is 1. The molecule has 0 saturated heterocycles. The summed E-state index contributed by atoms with van der Waals surface area (Å²) in [5.41, 5.74) is 1.35. The number of hydrogen-bond acceptors (Lipinski definition) is 7. The van der Waals surface area contributed by atoms with E-state index in [0.717, 1.165) is 22.1 Å². The molecule has 30 heavy (non-hydrogen) atoms. The van der Waals surface area contributed by atoms with Crippen LogP contribution in [0.5, 0.6) is 5.75 Å². The standard InChI is InChI=1S/C20H18N6O3S/c1-29-15-9-7-13(8-10-15)23-17(27)12-30-20-24-18-16(19(28)25(20)21)11-22-26(18)14-5-3-2-4-6-14/h2-11H,12,21H2,1H3,(H,23,27). The molecular weight excluding hydrogens is 404 g/mol. The largest absolute Gasteiger partial charge is 0.497 e. The molecule has 9 nitrogen and oxygen atoms in total. The number of methoxy groups -OCH3 is 1. The minimum atomic E-state index is -0.430. The van der Waals surface area contributed by atoms with E-state index in [1.165, 1.54) is 6.20 Å². The molecule has 152 valence electrons. The minimum Gasteiger partial charge on any atom is -0.497 e. The highest BCUT2D eigenvalue weighted by molar-refractivity contribution is 7.99. The summed E-state index contributed by atoms with van der Waals surface area (Å²) in [5, 5.41) is 7.56. The summed E-state index contributed by atoms with van der Waals surface area (Å²) >= 11 is 1.07. The van der Waals surface area contributed by atoms with Crippen LogP contribution in [0.1, 0.15) is 0 Å². The molecule has 0 radical (unpaired) electrons. The zero-order chi connectivity index (χ0) is 21.1. The Morgan fingerprint density at radius 1 is 1.17 bits per heavy atom. The number of aromatic nitrogens is 4. The Bertz CT molecular complexity index is 1250. The third-order valence-corrected chi connectivity index (χ3v) is 5.26. The zero-order valence-electron chi connectivity index (χ0n) is 16.0. The molecular formula is C20H18N6O3S. The predicted molar refractivity (Wildman–Crippen MR) is 116 cm³/mol. The van der Waals surface area contributed by atoms with Crippen LogP contribution in [0.2, 0.25) is 0 Å². The van der Waals surface area contributed by atoms with Crippen molar-refractivity contribution >= 4 is 34.4 Å². The van der Waals surface area contributed by atoms with Crippen molar-refractivity contribution in [3.05, 3.63) is 71.1 Å². The van der Waals surface area contributed by atoms with Gasteiger partial charge in [-0.15, -0.1) is 0 Å². The summed E-state index contributed by atoms with van der Waals surface area (Å²) in [6, 6.07) is 16.3. The number of hydrogen-bond donors (Lipinski definition) is 2. The van der Waals surface area contributed by atoms with Crippen LogP contribution >= 0.6 is 11.8 Å². The second-order valence-corrected chi connectivity index (χ2v) is 7.21. The van der Waals surface area contributed by atoms with E-state index in [1.807, 2.05) is 30.3 Å². The predicted octanol–water partition coefficient (Wildman–Crippen LogP) is 2.04. The van der Waals surface area contributed by atoms with Crippen molar-refractivity contribution < 1.29 is 9.53 Å². The minimum absolute atomic E-state index is 0.0284. The number of benzene rings is 2. The highest BCUT2D eigenvalue weighted by atomic mass is 32.2. The van der Waals surface area contributed by atoms with Gasteiger partial charge in [0.25, 0.3) is 5.56 Å². The number of ether oxygens (including phenoxy) is 1. The Labute approximate surface area is 175 Å². The zero-order valence-corrected chi connectivity index (χ0v) is 16.8. The number of amides is 1. The Kier molecular flexibility index (Phi) is 5.40. The van der Waals surface area contributed by atoms with Crippen LogP contribution in [0.4, 0.5) is 5.69 Å². The first-order valence-electron chi connectivity index (χ1n) is 8.95. The average molecular weight is 422 g/mol. The lowest BCUT2D eigenvalue weighted by Gasteiger charge is -2.09. The molecule has 4 aromatic rings. The number of rotatable bonds is 6. The number of fused-ring (bicyclic) bond motifs is 1. The number of nitrogens with one attached hydrogen (secondary N) is 1. The van der Waals surface area contributed by atoms with Crippen LogP contribution in [0, 0.1) is 0 Å². The molecule has 2 aromatic heterocycles. The molecule has 0 aliphatic rings. The number of thioether (sulfide) groups is 1. The molecule has 1 amide bonds. The van der Waals surface area contributed by atoms with Crippen molar-refractivity contribution in [2.75, 3.05) is 24.0 Å². The first kappa shape index (κ1) is 19.5. The molecule has 0 saturated carbocycles. The van der Waals surface area contributed by atoms with Crippen molar-refractivity contribution in [3.63, 3.8) is 0 Å². The van der Waals surface area contributed by atoms with Gasteiger partial charge in [-0.25, -0.2) is 14.3 Å². The van der Waals surface area contributed by atoms with Gasteiger partial charge in [0.15, 0.2) is 10.8 Å². The Morgan fingerprint density at radius 2 is 1.90 bits per heavy atom. The van der Waals surface area contributed by atoms with Gasteiger partial charge in [-0.2, -0.15) is 5.10 Å². The molecule has 0 bridgehead atoms. The molecule has 2 heterocycles. The molecule has 0 atom stereocenters. The van der Waals surface area contributed by atoms with Gasteiger partial charge in [-0.3, -0.25) is 9.59 Å². The van der Waals surface area contributed by atoms with Crippen LogP contribution in [0.3, 0.4) is 0 Å². The molecule has 3 N–H and O–H groups in total. The Morgan fingerprint density at radius 3 is 2.60 bits per heavy atom. The number of anilines is 1. The van der Waals surface area contributed by atoms with Gasteiger partial charge in [0.1, 0.15) is 11.1 Å². The Balaban J connectivity index is 1.55. The molecule has 0 aliphatic carbocycles. The van der Waals surface area contributed by atoms with Crippen molar-refractivity contribution in [2.24, 2.45) is 0 Å². The fraction of sp³-hybridized carbons (Fsp3) is 0.100. The first-order chi connectivity index (χ1) is 14.6. The fourth-order valence-electron chi connectivity index (χ4n) is 2.82. The van der Waals surface area contributed by atoms with Gasteiger partial charge < -0.3 is 15.9 Å². The van der Waals surface area contributed by atoms with Gasteiger partial charge in [0.05, 0.1) is 24.7 Å². The summed E-state index contributed by atoms with van der Waals surface area (Å²) in [7, 11) is 1.57. The maximum Gasteiger partial charge on any atom is 0.283 e. The maximum absolute atomic E-state index is 12.6. The molecule has 0 aliphatic heterocycles. The summed E-state index contributed by atoms with van der Waals surface area (Å²) < 4.78 is 7.60. The number of carbonyl (C=O) groups excluding carboxylic acids is 1. The van der Waals surface area contributed by atoms with Crippen LogP contribution in [-0.4, -0.2) is 38.2 Å². The van der Waals surface area contributed by atoms with Gasteiger partial charge in [-0.05, 0) is 36.4 Å². The van der Waals surface area contributed by atoms with E-state index in [2.05, 4.69) is 15.4 Å². The summed E-state index contributed by atoms with van der Waals surface area (Å²) in [6.07, 6.45) is 1.44. The average Bonchev–Trinajstić information content (AvgIpc) is 3.20. The Hall–Kier alpha value is -3.79. The topological polar surface area (TPSA) is 117 Å². The molecule has 2 aromatic carbocycles. The second-order valence-electron chi connectivity index (χ2n) is 6.26.